The Morgan fingerprint density at radius 3 is 2.25 bits per heavy atom. The van der Waals surface area contributed by atoms with Crippen molar-refractivity contribution in [3.63, 3.8) is 0 Å². The van der Waals surface area contributed by atoms with Gasteiger partial charge in [0.1, 0.15) is 5.82 Å². The molecule has 4 unspecified atom stereocenters. The van der Waals surface area contributed by atoms with Gasteiger partial charge >= 0.3 is 0 Å². The quantitative estimate of drug-likeness (QED) is 0.187. The number of carbonyl (C=O) groups excluding carboxylic acids is 2. The fourth-order valence-electron chi connectivity index (χ4n) is 5.92. The first-order chi connectivity index (χ1) is 15.0. The van der Waals surface area contributed by atoms with Gasteiger partial charge in [-0.3, -0.25) is 19.5 Å². The molecule has 0 spiro atoms. The van der Waals surface area contributed by atoms with Crippen LogP contribution in [0, 0.1) is 29.5 Å². The zero-order chi connectivity index (χ0) is 21.6. The van der Waals surface area contributed by atoms with Gasteiger partial charge in [0.25, 0.3) is 0 Å². The largest absolute Gasteiger partial charge is 0.356 e. The maximum absolute atomic E-state index is 13.3. The molecule has 1 heterocycles. The highest BCUT2D eigenvalue weighted by molar-refractivity contribution is 14.0. The molecule has 1 aliphatic heterocycles. The van der Waals surface area contributed by atoms with E-state index in [1.807, 2.05) is 12.1 Å². The molecule has 172 valence electrons. The molecule has 1 aromatic carbocycles. The lowest BCUT2D eigenvalue weighted by molar-refractivity contribution is -0.140. The number of allylic oxidation sites excluding steroid dienone is 2. The Hall–Kier alpha value is -1.97. The third kappa shape index (κ3) is 3.84. The molecule has 5 rings (SSSR count). The van der Waals surface area contributed by atoms with Crippen molar-refractivity contribution in [1.82, 2.24) is 15.5 Å². The lowest BCUT2D eigenvalue weighted by atomic mass is 9.64. The predicted molar refractivity (Wildman–Crippen MR) is 131 cm³/mol. The lowest BCUT2D eigenvalue weighted by Crippen LogP contribution is -2.50. The van der Waals surface area contributed by atoms with E-state index in [-0.39, 0.29) is 70.7 Å². The number of imide groups is 1. The minimum Gasteiger partial charge on any atom is -0.356 e. The molecule has 2 saturated carbocycles. The second kappa shape index (κ2) is 9.11. The highest BCUT2D eigenvalue weighted by atomic mass is 127. The zero-order valence-electron chi connectivity index (χ0n) is 18.2. The molecule has 0 aromatic heterocycles. The second-order valence-corrected chi connectivity index (χ2v) is 9.32. The second-order valence-electron chi connectivity index (χ2n) is 9.32. The molecule has 4 aliphatic rings. The van der Waals surface area contributed by atoms with Crippen LogP contribution >= 0.6 is 24.0 Å². The topological polar surface area (TPSA) is 73.8 Å². The van der Waals surface area contributed by atoms with Crippen molar-refractivity contribution in [3.8, 4) is 0 Å². The monoisotopic (exact) mass is 552 g/mol. The van der Waals surface area contributed by atoms with Crippen LogP contribution in [0.1, 0.15) is 31.2 Å². The molecule has 2 bridgehead atoms. The van der Waals surface area contributed by atoms with Crippen molar-refractivity contribution in [1.29, 1.82) is 0 Å². The van der Waals surface area contributed by atoms with Crippen LogP contribution in [0.5, 0.6) is 0 Å². The molecule has 2 amide bonds. The van der Waals surface area contributed by atoms with E-state index in [0.717, 1.165) is 31.2 Å². The molecule has 4 atom stereocenters. The van der Waals surface area contributed by atoms with E-state index in [0.29, 0.717) is 25.6 Å². The minimum atomic E-state index is -0.220. The average Bonchev–Trinajstić information content (AvgIpc) is 3.42. The number of hydrogen-bond acceptors (Lipinski definition) is 3. The van der Waals surface area contributed by atoms with E-state index < -0.39 is 0 Å². The molecule has 2 N–H and O–H groups in total. The highest BCUT2D eigenvalue weighted by Crippen LogP contribution is 2.52. The standard InChI is InChI=1S/C24H29FN4O2.HI/c1-26-23(28-14-24(9-2-10-24)17-5-7-18(25)8-6-17)27-11-12-29-21(30)19-15-3-4-16(13-15)20(19)22(29)31;/h3-8,15-16,19-20H,2,9-14H2,1H3,(H2,26,27,28);1H. The van der Waals surface area contributed by atoms with Crippen LogP contribution < -0.4 is 10.6 Å². The fourth-order valence-corrected chi connectivity index (χ4v) is 5.92. The van der Waals surface area contributed by atoms with E-state index in [4.69, 9.17) is 0 Å². The molecule has 1 aromatic rings. The Balaban J connectivity index is 0.00000245. The van der Waals surface area contributed by atoms with Crippen molar-refractivity contribution in [2.24, 2.45) is 28.7 Å². The van der Waals surface area contributed by atoms with Crippen molar-refractivity contribution >= 4 is 41.8 Å². The van der Waals surface area contributed by atoms with Crippen LogP contribution in [0.15, 0.2) is 41.4 Å². The Labute approximate surface area is 205 Å². The van der Waals surface area contributed by atoms with Gasteiger partial charge in [-0.05, 0) is 48.8 Å². The Kier molecular flexibility index (Phi) is 6.61. The first kappa shape index (κ1) is 23.2. The Morgan fingerprint density at radius 1 is 1.09 bits per heavy atom. The van der Waals surface area contributed by atoms with Gasteiger partial charge in [-0.1, -0.05) is 30.7 Å². The van der Waals surface area contributed by atoms with Crippen LogP contribution in [-0.4, -0.2) is 49.4 Å². The number of aliphatic imine (C=N–C) groups is 1. The fraction of sp³-hybridized carbons (Fsp3) is 0.542. The maximum Gasteiger partial charge on any atom is 0.233 e. The summed E-state index contributed by atoms with van der Waals surface area (Å²) < 4.78 is 13.3. The van der Waals surface area contributed by atoms with Crippen LogP contribution in [-0.2, 0) is 15.0 Å². The minimum absolute atomic E-state index is 0. The summed E-state index contributed by atoms with van der Waals surface area (Å²) in [4.78, 5) is 31.3. The van der Waals surface area contributed by atoms with E-state index in [1.54, 1.807) is 7.05 Å². The molecule has 6 nitrogen and oxygen atoms in total. The van der Waals surface area contributed by atoms with E-state index in [1.165, 1.54) is 17.0 Å². The summed E-state index contributed by atoms with van der Waals surface area (Å²) in [5.74, 6) is 0.593. The summed E-state index contributed by atoms with van der Waals surface area (Å²) in [7, 11) is 1.71. The smallest absolute Gasteiger partial charge is 0.233 e. The molecular formula is C24H30FIN4O2. The predicted octanol–water partition coefficient (Wildman–Crippen LogP) is 2.84. The molecule has 3 fully saturated rings. The van der Waals surface area contributed by atoms with Crippen LogP contribution in [0.25, 0.3) is 0 Å². The SMILES string of the molecule is CN=C(NCCN1C(=O)C2C3C=CC(C3)C2C1=O)NCC1(c2ccc(F)cc2)CCC1.I. The number of benzene rings is 1. The molecule has 1 saturated heterocycles. The summed E-state index contributed by atoms with van der Waals surface area (Å²) >= 11 is 0. The Bertz CT molecular complexity index is 914. The number of amides is 2. The third-order valence-electron chi connectivity index (χ3n) is 7.77. The van der Waals surface area contributed by atoms with Gasteiger partial charge in [0.2, 0.25) is 11.8 Å². The van der Waals surface area contributed by atoms with E-state index in [9.17, 15) is 14.0 Å². The normalized spacial score (nSPS) is 29.6. The van der Waals surface area contributed by atoms with Gasteiger partial charge in [0.05, 0.1) is 11.8 Å². The van der Waals surface area contributed by atoms with Crippen LogP contribution in [0.2, 0.25) is 0 Å². The van der Waals surface area contributed by atoms with Gasteiger partial charge in [0, 0.05) is 32.1 Å². The lowest BCUT2D eigenvalue weighted by Gasteiger charge is -2.43. The number of likely N-dealkylation sites (tertiary alicyclic amines) is 1. The van der Waals surface area contributed by atoms with Crippen molar-refractivity contribution in [2.75, 3.05) is 26.7 Å². The van der Waals surface area contributed by atoms with Crippen molar-refractivity contribution in [3.05, 3.63) is 47.8 Å². The summed E-state index contributed by atoms with van der Waals surface area (Å²) in [6.45, 7) is 1.52. The van der Waals surface area contributed by atoms with Crippen molar-refractivity contribution in [2.45, 2.75) is 31.1 Å². The third-order valence-corrected chi connectivity index (χ3v) is 7.77. The average molecular weight is 552 g/mol. The van der Waals surface area contributed by atoms with Gasteiger partial charge in [-0.25, -0.2) is 4.39 Å². The van der Waals surface area contributed by atoms with Gasteiger partial charge in [-0.2, -0.15) is 0 Å². The maximum atomic E-state index is 13.3. The van der Waals surface area contributed by atoms with Crippen LogP contribution in [0.4, 0.5) is 4.39 Å². The van der Waals surface area contributed by atoms with Gasteiger partial charge < -0.3 is 10.6 Å². The number of rotatable bonds is 6. The number of hydrogen-bond donors (Lipinski definition) is 2. The molecule has 32 heavy (non-hydrogen) atoms. The number of carbonyl (C=O) groups is 2. The summed E-state index contributed by atoms with van der Waals surface area (Å²) in [5, 5.41) is 6.62. The summed E-state index contributed by atoms with van der Waals surface area (Å²) in [6, 6.07) is 6.78. The number of halogens is 2. The van der Waals surface area contributed by atoms with Crippen LogP contribution in [0.3, 0.4) is 0 Å². The highest BCUT2D eigenvalue weighted by Gasteiger charge is 2.58. The Morgan fingerprint density at radius 2 is 1.72 bits per heavy atom. The molecule has 8 heteroatoms. The van der Waals surface area contributed by atoms with Crippen molar-refractivity contribution < 1.29 is 14.0 Å². The van der Waals surface area contributed by atoms with Gasteiger partial charge in [0.15, 0.2) is 5.96 Å². The first-order valence-corrected chi connectivity index (χ1v) is 11.3. The first-order valence-electron chi connectivity index (χ1n) is 11.3. The number of guanidine groups is 1. The zero-order valence-corrected chi connectivity index (χ0v) is 20.6. The number of nitrogens with zero attached hydrogens (tertiary/aromatic N) is 2. The molecule has 0 radical (unpaired) electrons. The van der Waals surface area contributed by atoms with Gasteiger partial charge in [-0.15, -0.1) is 24.0 Å². The molecular weight excluding hydrogens is 522 g/mol. The van der Waals surface area contributed by atoms with E-state index >= 15 is 0 Å². The molecule has 3 aliphatic carbocycles. The number of nitrogens with one attached hydrogen (secondary N) is 2. The summed E-state index contributed by atoms with van der Waals surface area (Å²) in [5.41, 5.74) is 1.14. The summed E-state index contributed by atoms with van der Waals surface area (Å²) in [6.07, 6.45) is 8.44. The van der Waals surface area contributed by atoms with E-state index in [2.05, 4.69) is 27.8 Å². The number of fused-ring (bicyclic) bond motifs is 5.